The van der Waals surface area contributed by atoms with E-state index in [-0.39, 0.29) is 5.69 Å². The Morgan fingerprint density at radius 3 is 3.07 bits per heavy atom. The third-order valence-corrected chi connectivity index (χ3v) is 2.98. The third-order valence-electron chi connectivity index (χ3n) is 2.98. The molecule has 1 aliphatic rings. The van der Waals surface area contributed by atoms with Gasteiger partial charge in [0.2, 0.25) is 0 Å². The minimum atomic E-state index is -0.472. The number of nitrogens with zero attached hydrogens (tertiary/aromatic N) is 2. The molecule has 0 aromatic carbocycles. The molecule has 1 saturated carbocycles. The summed E-state index contributed by atoms with van der Waals surface area (Å²) in [6, 6.07) is 0.418. The van der Waals surface area contributed by atoms with Gasteiger partial charge in [0.05, 0.1) is 13.4 Å². The molecule has 0 saturated heterocycles. The molecule has 82 valence electrons. The average molecular weight is 209 g/mol. The second kappa shape index (κ2) is 3.56. The average Bonchev–Trinajstić information content (AvgIpc) is 2.94. The molecule has 15 heavy (non-hydrogen) atoms. The van der Waals surface area contributed by atoms with Crippen molar-refractivity contribution in [3.8, 4) is 0 Å². The Morgan fingerprint density at radius 2 is 2.53 bits per heavy atom. The zero-order valence-corrected chi connectivity index (χ0v) is 8.93. The zero-order chi connectivity index (χ0) is 11.0. The summed E-state index contributed by atoms with van der Waals surface area (Å²) in [5.74, 6) is 0.620. The van der Waals surface area contributed by atoms with E-state index in [1.54, 1.807) is 6.33 Å². The van der Waals surface area contributed by atoms with E-state index < -0.39 is 5.97 Å². The van der Waals surface area contributed by atoms with E-state index in [2.05, 4.69) is 16.6 Å². The fourth-order valence-electron chi connectivity index (χ4n) is 1.90. The number of hydrogen-bond donors (Lipinski definition) is 1. The maximum Gasteiger partial charge on any atom is 0.360 e. The lowest BCUT2D eigenvalue weighted by molar-refractivity contribution is 0.0596. The van der Waals surface area contributed by atoms with Crippen LogP contribution in [0.25, 0.3) is 0 Å². The summed E-state index contributed by atoms with van der Waals surface area (Å²) in [7, 11) is 1.33. The highest BCUT2D eigenvalue weighted by Crippen LogP contribution is 2.46. The van der Waals surface area contributed by atoms with Gasteiger partial charge in [-0.1, -0.05) is 13.3 Å². The molecule has 0 radical (unpaired) electrons. The van der Waals surface area contributed by atoms with Crippen molar-refractivity contribution < 1.29 is 9.53 Å². The summed E-state index contributed by atoms with van der Waals surface area (Å²) >= 11 is 0. The van der Waals surface area contributed by atoms with Crippen LogP contribution in [0.2, 0.25) is 0 Å². The van der Waals surface area contributed by atoms with Gasteiger partial charge in [-0.2, -0.15) is 0 Å². The number of nitrogens with two attached hydrogens (primary N) is 1. The Balaban J connectivity index is 2.21. The monoisotopic (exact) mass is 209 g/mol. The maximum absolute atomic E-state index is 11.3. The Morgan fingerprint density at radius 1 is 1.80 bits per heavy atom. The minimum Gasteiger partial charge on any atom is -0.464 e. The van der Waals surface area contributed by atoms with Crippen molar-refractivity contribution in [2.75, 3.05) is 12.8 Å². The first-order chi connectivity index (χ1) is 7.19. The number of imidazole rings is 1. The van der Waals surface area contributed by atoms with Gasteiger partial charge in [0, 0.05) is 6.04 Å². The predicted octanol–water partition coefficient (Wildman–Crippen LogP) is 1.22. The van der Waals surface area contributed by atoms with Crippen LogP contribution in [-0.2, 0) is 4.74 Å². The van der Waals surface area contributed by atoms with E-state index in [1.165, 1.54) is 7.11 Å². The molecule has 1 aromatic rings. The fraction of sp³-hybridized carbons (Fsp3) is 0.600. The smallest absolute Gasteiger partial charge is 0.360 e. The van der Waals surface area contributed by atoms with Crippen molar-refractivity contribution in [2.45, 2.75) is 25.8 Å². The first kappa shape index (κ1) is 10.0. The number of rotatable bonds is 3. The molecule has 0 aliphatic heterocycles. The lowest BCUT2D eigenvalue weighted by Crippen LogP contribution is -2.08. The van der Waals surface area contributed by atoms with Crippen LogP contribution < -0.4 is 5.73 Å². The van der Waals surface area contributed by atoms with Crippen LogP contribution in [0.3, 0.4) is 0 Å². The van der Waals surface area contributed by atoms with Gasteiger partial charge < -0.3 is 15.0 Å². The van der Waals surface area contributed by atoms with E-state index in [1.807, 2.05) is 4.57 Å². The molecular weight excluding hydrogens is 194 g/mol. The van der Waals surface area contributed by atoms with Crippen LogP contribution in [0, 0.1) is 5.92 Å². The van der Waals surface area contributed by atoms with Crippen molar-refractivity contribution in [3.63, 3.8) is 0 Å². The van der Waals surface area contributed by atoms with Crippen LogP contribution >= 0.6 is 0 Å². The molecule has 0 bridgehead atoms. The van der Waals surface area contributed by atoms with Crippen molar-refractivity contribution >= 4 is 11.8 Å². The number of hydrogen-bond acceptors (Lipinski definition) is 4. The van der Waals surface area contributed by atoms with Gasteiger partial charge in [-0.15, -0.1) is 0 Å². The molecular formula is C10H15N3O2. The van der Waals surface area contributed by atoms with Crippen LogP contribution in [0.1, 0.15) is 36.3 Å². The summed E-state index contributed by atoms with van der Waals surface area (Å²) in [4.78, 5) is 15.2. The molecule has 1 aliphatic carbocycles. The first-order valence-electron chi connectivity index (χ1n) is 5.09. The molecule has 2 N–H and O–H groups in total. The molecule has 5 nitrogen and oxygen atoms in total. The number of esters is 1. The van der Waals surface area contributed by atoms with Crippen molar-refractivity contribution in [2.24, 2.45) is 5.92 Å². The Labute approximate surface area is 88.2 Å². The number of carbonyl (C=O) groups excluding carboxylic acids is 1. The van der Waals surface area contributed by atoms with E-state index in [4.69, 9.17) is 5.73 Å². The first-order valence-corrected chi connectivity index (χ1v) is 5.09. The maximum atomic E-state index is 11.3. The standard InChI is InChI=1S/C10H15N3O2/c1-3-6-4-7(6)13-5-12-8(9(13)11)10(14)15-2/h5-7H,3-4,11H2,1-2H3. The number of nitrogen functional groups attached to an aromatic ring is 1. The van der Waals surface area contributed by atoms with Crippen molar-refractivity contribution in [3.05, 3.63) is 12.0 Å². The second-order valence-corrected chi connectivity index (χ2v) is 3.85. The van der Waals surface area contributed by atoms with Gasteiger partial charge >= 0.3 is 5.97 Å². The van der Waals surface area contributed by atoms with Gasteiger partial charge in [-0.25, -0.2) is 9.78 Å². The van der Waals surface area contributed by atoms with Gasteiger partial charge in [0.1, 0.15) is 5.82 Å². The quantitative estimate of drug-likeness (QED) is 0.760. The van der Waals surface area contributed by atoms with Gasteiger partial charge in [-0.05, 0) is 12.3 Å². The van der Waals surface area contributed by atoms with Crippen molar-refractivity contribution in [1.29, 1.82) is 0 Å². The molecule has 0 amide bonds. The molecule has 5 heteroatoms. The SMILES string of the molecule is CCC1CC1n1cnc(C(=O)OC)c1N. The van der Waals surface area contributed by atoms with Crippen LogP contribution in [0.5, 0.6) is 0 Å². The van der Waals surface area contributed by atoms with Gasteiger partial charge in [0.15, 0.2) is 5.69 Å². The second-order valence-electron chi connectivity index (χ2n) is 3.85. The molecule has 2 unspecified atom stereocenters. The number of anilines is 1. The number of ether oxygens (including phenoxy) is 1. The number of aromatic nitrogens is 2. The lowest BCUT2D eigenvalue weighted by atomic mass is 10.3. The number of carbonyl (C=O) groups is 1. The Bertz CT molecular complexity index is 386. The summed E-state index contributed by atoms with van der Waals surface area (Å²) in [5.41, 5.74) is 6.06. The zero-order valence-electron chi connectivity index (χ0n) is 8.93. The molecule has 1 heterocycles. The highest BCUT2D eigenvalue weighted by molar-refractivity contribution is 5.92. The Hall–Kier alpha value is -1.52. The summed E-state index contributed by atoms with van der Waals surface area (Å²) in [6.45, 7) is 2.15. The minimum absolute atomic E-state index is 0.222. The molecule has 1 aromatic heterocycles. The van der Waals surface area contributed by atoms with E-state index in [0.717, 1.165) is 12.8 Å². The predicted molar refractivity (Wildman–Crippen MR) is 55.4 cm³/mol. The largest absolute Gasteiger partial charge is 0.464 e. The van der Waals surface area contributed by atoms with Crippen molar-refractivity contribution in [1.82, 2.24) is 9.55 Å². The third kappa shape index (κ3) is 1.58. The normalized spacial score (nSPS) is 23.9. The Kier molecular flexibility index (Phi) is 2.38. The molecule has 1 fully saturated rings. The van der Waals surface area contributed by atoms with Gasteiger partial charge in [0.25, 0.3) is 0 Å². The van der Waals surface area contributed by atoms with E-state index in [0.29, 0.717) is 17.8 Å². The lowest BCUT2D eigenvalue weighted by Gasteiger charge is -2.03. The molecule has 2 atom stereocenters. The molecule has 0 spiro atoms. The fourth-order valence-corrected chi connectivity index (χ4v) is 1.90. The van der Waals surface area contributed by atoms with Crippen LogP contribution in [-0.4, -0.2) is 22.6 Å². The van der Waals surface area contributed by atoms with E-state index >= 15 is 0 Å². The highest BCUT2D eigenvalue weighted by atomic mass is 16.5. The van der Waals surface area contributed by atoms with Crippen LogP contribution in [0.4, 0.5) is 5.82 Å². The summed E-state index contributed by atoms with van der Waals surface area (Å²) in [6.07, 6.45) is 3.88. The van der Waals surface area contributed by atoms with E-state index in [9.17, 15) is 4.79 Å². The highest BCUT2D eigenvalue weighted by Gasteiger charge is 2.38. The molecule has 2 rings (SSSR count). The topological polar surface area (TPSA) is 70.1 Å². The summed E-state index contributed by atoms with van der Waals surface area (Å²) < 4.78 is 6.46. The summed E-state index contributed by atoms with van der Waals surface area (Å²) in [5, 5.41) is 0. The van der Waals surface area contributed by atoms with Gasteiger partial charge in [-0.3, -0.25) is 0 Å². The number of methoxy groups -OCH3 is 1. The van der Waals surface area contributed by atoms with Crippen LogP contribution in [0.15, 0.2) is 6.33 Å².